The van der Waals surface area contributed by atoms with Crippen LogP contribution in [0.4, 0.5) is 5.82 Å². The Morgan fingerprint density at radius 1 is 1.47 bits per heavy atom. The number of anilines is 1. The molecule has 19 heavy (non-hydrogen) atoms. The summed E-state index contributed by atoms with van der Waals surface area (Å²) in [6.07, 6.45) is 3.96. The Kier molecular flexibility index (Phi) is 4.40. The van der Waals surface area contributed by atoms with E-state index < -0.39 is 0 Å². The minimum absolute atomic E-state index is 0.164. The Morgan fingerprint density at radius 2 is 2.21 bits per heavy atom. The summed E-state index contributed by atoms with van der Waals surface area (Å²) < 4.78 is 0. The van der Waals surface area contributed by atoms with E-state index >= 15 is 0 Å². The van der Waals surface area contributed by atoms with Gasteiger partial charge < -0.3 is 9.80 Å². The van der Waals surface area contributed by atoms with Crippen LogP contribution in [0.25, 0.3) is 0 Å². The third-order valence-electron chi connectivity index (χ3n) is 3.90. The summed E-state index contributed by atoms with van der Waals surface area (Å²) in [4.78, 5) is 20.5. The maximum atomic E-state index is 11.7. The Hall–Kier alpha value is -1.58. The Bertz CT molecular complexity index is 443. The highest BCUT2D eigenvalue weighted by atomic mass is 16.2. The van der Waals surface area contributed by atoms with Gasteiger partial charge in [-0.25, -0.2) is 4.98 Å². The van der Waals surface area contributed by atoms with Gasteiger partial charge in [0.05, 0.1) is 6.04 Å². The molecule has 0 unspecified atom stereocenters. The quantitative estimate of drug-likeness (QED) is 0.836. The van der Waals surface area contributed by atoms with Gasteiger partial charge in [-0.1, -0.05) is 6.07 Å². The summed E-state index contributed by atoms with van der Waals surface area (Å²) >= 11 is 0. The van der Waals surface area contributed by atoms with Crippen molar-refractivity contribution >= 4 is 11.7 Å². The molecule has 1 aliphatic heterocycles. The van der Waals surface area contributed by atoms with Crippen LogP contribution in [0, 0.1) is 0 Å². The number of aromatic nitrogens is 1. The van der Waals surface area contributed by atoms with Crippen molar-refractivity contribution in [2.45, 2.75) is 39.7 Å². The van der Waals surface area contributed by atoms with Crippen LogP contribution < -0.4 is 4.90 Å². The third kappa shape index (κ3) is 2.72. The van der Waals surface area contributed by atoms with Gasteiger partial charge in [0.2, 0.25) is 5.91 Å². The second-order valence-corrected chi connectivity index (χ2v) is 4.96. The molecule has 1 aliphatic rings. The zero-order valence-electron chi connectivity index (χ0n) is 12.1. The van der Waals surface area contributed by atoms with E-state index in [4.69, 9.17) is 0 Å². The molecular weight excluding hydrogens is 238 g/mol. The molecule has 4 nitrogen and oxygen atoms in total. The number of carbonyl (C=O) groups is 1. The second kappa shape index (κ2) is 6.04. The Balaban J connectivity index is 2.36. The van der Waals surface area contributed by atoms with Crippen LogP contribution in [0.5, 0.6) is 0 Å². The molecule has 1 aromatic rings. The van der Waals surface area contributed by atoms with Crippen molar-refractivity contribution in [1.29, 1.82) is 0 Å². The number of rotatable bonds is 4. The summed E-state index contributed by atoms with van der Waals surface area (Å²) in [5.41, 5.74) is 1.19. The van der Waals surface area contributed by atoms with Crippen LogP contribution >= 0.6 is 0 Å². The van der Waals surface area contributed by atoms with Gasteiger partial charge in [0, 0.05) is 38.3 Å². The minimum atomic E-state index is 0.164. The molecule has 1 saturated heterocycles. The lowest BCUT2D eigenvalue weighted by Crippen LogP contribution is -2.31. The van der Waals surface area contributed by atoms with E-state index in [1.54, 1.807) is 6.92 Å². The molecule has 1 fully saturated rings. The maximum Gasteiger partial charge on any atom is 0.219 e. The fraction of sp³-hybridized carbons (Fsp3) is 0.600. The van der Waals surface area contributed by atoms with E-state index in [1.807, 2.05) is 17.2 Å². The van der Waals surface area contributed by atoms with Gasteiger partial charge in [-0.15, -0.1) is 0 Å². The van der Waals surface area contributed by atoms with E-state index in [1.165, 1.54) is 5.56 Å². The molecule has 0 saturated carbocycles. The van der Waals surface area contributed by atoms with Gasteiger partial charge in [0.25, 0.3) is 0 Å². The largest absolute Gasteiger partial charge is 0.357 e. The van der Waals surface area contributed by atoms with E-state index in [0.29, 0.717) is 0 Å². The lowest BCUT2D eigenvalue weighted by Gasteiger charge is -2.29. The molecule has 0 N–H and O–H groups in total. The molecule has 0 radical (unpaired) electrons. The summed E-state index contributed by atoms with van der Waals surface area (Å²) in [6.45, 7) is 8.68. The van der Waals surface area contributed by atoms with Crippen LogP contribution in [0.15, 0.2) is 18.3 Å². The molecule has 104 valence electrons. The van der Waals surface area contributed by atoms with Crippen LogP contribution in [-0.4, -0.2) is 35.4 Å². The lowest BCUT2D eigenvalue weighted by atomic mass is 10.0. The van der Waals surface area contributed by atoms with Gasteiger partial charge in [-0.3, -0.25) is 4.79 Å². The number of pyridine rings is 1. The molecule has 0 aromatic carbocycles. The van der Waals surface area contributed by atoms with Crippen LogP contribution in [0.1, 0.15) is 45.2 Å². The van der Waals surface area contributed by atoms with Gasteiger partial charge in [0.1, 0.15) is 5.82 Å². The lowest BCUT2D eigenvalue weighted by molar-refractivity contribution is -0.129. The minimum Gasteiger partial charge on any atom is -0.357 e. The highest BCUT2D eigenvalue weighted by Gasteiger charge is 2.30. The summed E-state index contributed by atoms with van der Waals surface area (Å²) in [6, 6.07) is 4.28. The number of amides is 1. The second-order valence-electron chi connectivity index (χ2n) is 4.96. The zero-order chi connectivity index (χ0) is 13.8. The molecule has 2 heterocycles. The van der Waals surface area contributed by atoms with Gasteiger partial charge >= 0.3 is 0 Å². The molecule has 4 heteroatoms. The smallest absolute Gasteiger partial charge is 0.219 e. The molecular formula is C15H23N3O. The maximum absolute atomic E-state index is 11.7. The molecule has 1 aromatic heterocycles. The molecule has 0 spiro atoms. The van der Waals surface area contributed by atoms with Crippen molar-refractivity contribution in [3.63, 3.8) is 0 Å². The SMILES string of the molecule is CCN(CC)c1ncccc1[C@H]1CCCN1C(C)=O. The zero-order valence-corrected chi connectivity index (χ0v) is 12.1. The van der Waals surface area contributed by atoms with Crippen molar-refractivity contribution in [3.8, 4) is 0 Å². The monoisotopic (exact) mass is 261 g/mol. The molecule has 0 bridgehead atoms. The predicted octanol–water partition coefficient (Wildman–Crippen LogP) is 2.61. The van der Waals surface area contributed by atoms with E-state index in [9.17, 15) is 4.79 Å². The van der Waals surface area contributed by atoms with Crippen molar-refractivity contribution in [1.82, 2.24) is 9.88 Å². The summed E-state index contributed by atoms with van der Waals surface area (Å²) in [5, 5.41) is 0. The predicted molar refractivity (Wildman–Crippen MR) is 77.2 cm³/mol. The fourth-order valence-corrected chi connectivity index (χ4v) is 2.92. The number of carbonyl (C=O) groups excluding carboxylic acids is 1. The summed E-state index contributed by atoms with van der Waals surface area (Å²) in [7, 11) is 0. The van der Waals surface area contributed by atoms with Crippen LogP contribution in [0.2, 0.25) is 0 Å². The topological polar surface area (TPSA) is 36.4 Å². The van der Waals surface area contributed by atoms with Crippen LogP contribution in [0.3, 0.4) is 0 Å². The molecule has 0 aliphatic carbocycles. The van der Waals surface area contributed by atoms with Crippen molar-refractivity contribution in [2.24, 2.45) is 0 Å². The highest BCUT2D eigenvalue weighted by molar-refractivity contribution is 5.74. The average Bonchev–Trinajstić information content (AvgIpc) is 2.90. The van der Waals surface area contributed by atoms with Crippen molar-refractivity contribution in [3.05, 3.63) is 23.9 Å². The number of hydrogen-bond donors (Lipinski definition) is 0. The summed E-state index contributed by atoms with van der Waals surface area (Å²) in [5.74, 6) is 1.20. The van der Waals surface area contributed by atoms with Gasteiger partial charge in [-0.2, -0.15) is 0 Å². The number of likely N-dealkylation sites (tertiary alicyclic amines) is 1. The van der Waals surface area contributed by atoms with Crippen molar-refractivity contribution in [2.75, 3.05) is 24.5 Å². The highest BCUT2D eigenvalue weighted by Crippen LogP contribution is 2.36. The standard InChI is InChI=1S/C15H23N3O/c1-4-17(5-2)15-13(8-6-10-16-15)14-9-7-11-18(14)12(3)19/h6,8,10,14H,4-5,7,9,11H2,1-3H3/t14-/m1/s1. The first-order chi connectivity index (χ1) is 9.19. The Morgan fingerprint density at radius 3 is 2.84 bits per heavy atom. The van der Waals surface area contributed by atoms with Gasteiger partial charge in [0.15, 0.2) is 0 Å². The van der Waals surface area contributed by atoms with Gasteiger partial charge in [-0.05, 0) is 32.8 Å². The number of hydrogen-bond acceptors (Lipinski definition) is 3. The first-order valence-corrected chi connectivity index (χ1v) is 7.16. The molecule has 1 amide bonds. The van der Waals surface area contributed by atoms with Crippen molar-refractivity contribution < 1.29 is 4.79 Å². The first kappa shape index (κ1) is 13.8. The number of nitrogens with zero attached hydrogens (tertiary/aromatic N) is 3. The fourth-order valence-electron chi connectivity index (χ4n) is 2.92. The molecule has 2 rings (SSSR count). The van der Waals surface area contributed by atoms with E-state index in [-0.39, 0.29) is 11.9 Å². The molecule has 1 atom stereocenters. The normalized spacial score (nSPS) is 18.7. The van der Waals surface area contributed by atoms with Crippen LogP contribution in [-0.2, 0) is 4.79 Å². The Labute approximate surface area is 115 Å². The van der Waals surface area contributed by atoms with E-state index in [2.05, 4.69) is 29.8 Å². The average molecular weight is 261 g/mol. The third-order valence-corrected chi connectivity index (χ3v) is 3.90. The first-order valence-electron chi connectivity index (χ1n) is 7.16. The van der Waals surface area contributed by atoms with E-state index in [0.717, 1.165) is 38.3 Å².